The van der Waals surface area contributed by atoms with Crippen molar-refractivity contribution in [1.29, 1.82) is 0 Å². The zero-order valence-electron chi connectivity index (χ0n) is 18.5. The maximum Gasteiger partial charge on any atom is 0.274 e. The summed E-state index contributed by atoms with van der Waals surface area (Å²) in [5.41, 5.74) is 2.91. The third kappa shape index (κ3) is 5.17. The van der Waals surface area contributed by atoms with E-state index in [9.17, 15) is 9.59 Å². The summed E-state index contributed by atoms with van der Waals surface area (Å²) >= 11 is 0. The molecule has 0 aliphatic carbocycles. The first-order valence-electron chi connectivity index (χ1n) is 10.4. The van der Waals surface area contributed by atoms with Crippen LogP contribution in [0.4, 0.5) is 0 Å². The number of hydroxylamine groups is 1. The van der Waals surface area contributed by atoms with E-state index < -0.39 is 11.3 Å². The van der Waals surface area contributed by atoms with Crippen LogP contribution in [0.2, 0.25) is 0 Å². The number of benzene rings is 2. The van der Waals surface area contributed by atoms with Gasteiger partial charge in [0.05, 0.1) is 18.6 Å². The maximum absolute atomic E-state index is 13.4. The van der Waals surface area contributed by atoms with Gasteiger partial charge in [0.15, 0.2) is 0 Å². The molecule has 0 radical (unpaired) electrons. The Morgan fingerprint density at radius 3 is 2.55 bits per heavy atom. The topological polar surface area (TPSA) is 88.1 Å². The van der Waals surface area contributed by atoms with Crippen LogP contribution in [-0.4, -0.2) is 41.7 Å². The first-order valence-corrected chi connectivity index (χ1v) is 10.4. The molecule has 1 aliphatic heterocycles. The molecule has 0 unspecified atom stereocenters. The first kappa shape index (κ1) is 22.6. The second kappa shape index (κ2) is 9.39. The van der Waals surface area contributed by atoms with E-state index in [1.54, 1.807) is 28.6 Å². The minimum atomic E-state index is -0.724. The number of fused-ring (bicyclic) bond motifs is 1. The molecule has 166 valence electrons. The van der Waals surface area contributed by atoms with Crippen molar-refractivity contribution in [3.63, 3.8) is 0 Å². The molecule has 0 saturated carbocycles. The number of carbonyl (C=O) groups is 2. The van der Waals surface area contributed by atoms with E-state index >= 15 is 0 Å². The van der Waals surface area contributed by atoms with Crippen LogP contribution < -0.4 is 15.0 Å². The molecule has 2 amide bonds. The minimum absolute atomic E-state index is 0.00280. The van der Waals surface area contributed by atoms with E-state index in [2.05, 4.69) is 13.8 Å². The van der Waals surface area contributed by atoms with Crippen molar-refractivity contribution >= 4 is 11.8 Å². The summed E-state index contributed by atoms with van der Waals surface area (Å²) in [5, 5.41) is 8.83. The average Bonchev–Trinajstić information content (AvgIpc) is 2.98. The number of amides is 2. The van der Waals surface area contributed by atoms with Gasteiger partial charge in [0.25, 0.3) is 5.91 Å². The summed E-state index contributed by atoms with van der Waals surface area (Å²) in [6.07, 6.45) is 0. The Hall–Kier alpha value is -3.06. The van der Waals surface area contributed by atoms with E-state index in [0.717, 1.165) is 16.9 Å². The van der Waals surface area contributed by atoms with E-state index in [0.29, 0.717) is 43.5 Å². The van der Waals surface area contributed by atoms with Crippen molar-refractivity contribution < 1.29 is 24.3 Å². The van der Waals surface area contributed by atoms with Crippen LogP contribution in [0.3, 0.4) is 0 Å². The fourth-order valence-corrected chi connectivity index (χ4v) is 3.50. The van der Waals surface area contributed by atoms with Gasteiger partial charge in [-0.1, -0.05) is 32.0 Å². The summed E-state index contributed by atoms with van der Waals surface area (Å²) < 4.78 is 11.5. The second-order valence-electron chi connectivity index (χ2n) is 8.69. The van der Waals surface area contributed by atoms with Gasteiger partial charge in [0.1, 0.15) is 18.1 Å². The molecule has 2 aromatic rings. The van der Waals surface area contributed by atoms with Crippen molar-refractivity contribution in [1.82, 2.24) is 10.4 Å². The molecule has 0 atom stereocenters. The van der Waals surface area contributed by atoms with Crippen molar-refractivity contribution in [3.05, 3.63) is 59.2 Å². The highest BCUT2D eigenvalue weighted by Gasteiger charge is 2.35. The molecule has 0 spiro atoms. The van der Waals surface area contributed by atoms with Gasteiger partial charge in [-0.25, -0.2) is 5.48 Å². The van der Waals surface area contributed by atoms with E-state index in [1.165, 1.54) is 0 Å². The van der Waals surface area contributed by atoms with Crippen LogP contribution in [0.1, 0.15) is 49.2 Å². The first-order chi connectivity index (χ1) is 14.7. The molecular formula is C24H30N2O5. The molecule has 2 aromatic carbocycles. The highest BCUT2D eigenvalue weighted by molar-refractivity contribution is 5.94. The summed E-state index contributed by atoms with van der Waals surface area (Å²) in [4.78, 5) is 26.9. The van der Waals surface area contributed by atoms with Crippen LogP contribution in [0, 0.1) is 5.92 Å². The van der Waals surface area contributed by atoms with Crippen LogP contribution in [0.25, 0.3) is 0 Å². The van der Waals surface area contributed by atoms with Crippen LogP contribution in [-0.2, 0) is 16.8 Å². The van der Waals surface area contributed by atoms with Gasteiger partial charge in [-0.2, -0.15) is 0 Å². The fraction of sp³-hybridized carbons (Fsp3) is 0.417. The van der Waals surface area contributed by atoms with Gasteiger partial charge < -0.3 is 14.4 Å². The van der Waals surface area contributed by atoms with Gasteiger partial charge in [0, 0.05) is 17.7 Å². The Kier molecular flexibility index (Phi) is 6.85. The summed E-state index contributed by atoms with van der Waals surface area (Å²) in [6.45, 7) is 9.82. The molecule has 0 fully saturated rings. The Morgan fingerprint density at radius 2 is 1.90 bits per heavy atom. The van der Waals surface area contributed by atoms with Gasteiger partial charge >= 0.3 is 0 Å². The molecule has 1 aliphatic rings. The van der Waals surface area contributed by atoms with Crippen LogP contribution >= 0.6 is 0 Å². The monoisotopic (exact) mass is 426 g/mol. The summed E-state index contributed by atoms with van der Waals surface area (Å²) in [5.74, 6) is 1.17. The van der Waals surface area contributed by atoms with Crippen molar-refractivity contribution in [2.75, 3.05) is 19.8 Å². The zero-order chi connectivity index (χ0) is 22.6. The Morgan fingerprint density at radius 1 is 1.19 bits per heavy atom. The largest absolute Gasteiger partial charge is 0.493 e. The van der Waals surface area contributed by atoms with Crippen molar-refractivity contribution in [2.24, 2.45) is 5.92 Å². The summed E-state index contributed by atoms with van der Waals surface area (Å²) in [7, 11) is 0. The Bertz CT molecular complexity index is 937. The van der Waals surface area contributed by atoms with Gasteiger partial charge in [-0.15, -0.1) is 0 Å². The standard InChI is InChI=1S/C24H30N2O5/c1-16(2)15-31-20-9-7-19(8-10-20)24(3,4)23(28)26-11-12-30-21-13-17(22(27)25-29)5-6-18(21)14-26/h5-10,13,16,29H,11-12,14-15H2,1-4H3,(H,25,27). The number of carbonyl (C=O) groups excluding carboxylic acids is 2. The predicted octanol–water partition coefficient (Wildman–Crippen LogP) is 3.54. The van der Waals surface area contributed by atoms with Gasteiger partial charge in [-0.05, 0) is 49.6 Å². The number of rotatable bonds is 6. The van der Waals surface area contributed by atoms with E-state index in [1.807, 2.05) is 38.1 Å². The molecule has 0 bridgehead atoms. The van der Waals surface area contributed by atoms with Crippen molar-refractivity contribution in [3.8, 4) is 11.5 Å². The lowest BCUT2D eigenvalue weighted by Crippen LogP contribution is -2.44. The molecule has 7 heteroatoms. The second-order valence-corrected chi connectivity index (χ2v) is 8.69. The summed E-state index contributed by atoms with van der Waals surface area (Å²) in [6, 6.07) is 12.6. The fourth-order valence-electron chi connectivity index (χ4n) is 3.50. The molecular weight excluding hydrogens is 396 g/mol. The normalized spacial score (nSPS) is 13.8. The minimum Gasteiger partial charge on any atom is -0.493 e. The Balaban J connectivity index is 1.76. The van der Waals surface area contributed by atoms with Crippen LogP contribution in [0.15, 0.2) is 42.5 Å². The number of nitrogens with one attached hydrogen (secondary N) is 1. The van der Waals surface area contributed by atoms with Crippen molar-refractivity contribution in [2.45, 2.75) is 39.7 Å². The number of nitrogens with zero attached hydrogens (tertiary/aromatic N) is 1. The Labute approximate surface area is 182 Å². The highest BCUT2D eigenvalue weighted by atomic mass is 16.5. The smallest absolute Gasteiger partial charge is 0.274 e. The van der Waals surface area contributed by atoms with Crippen LogP contribution in [0.5, 0.6) is 11.5 Å². The molecule has 3 rings (SSSR count). The quantitative estimate of drug-likeness (QED) is 0.545. The van der Waals surface area contributed by atoms with Gasteiger partial charge in [-0.3, -0.25) is 14.8 Å². The number of hydrogen-bond donors (Lipinski definition) is 2. The maximum atomic E-state index is 13.4. The highest BCUT2D eigenvalue weighted by Crippen LogP contribution is 2.31. The van der Waals surface area contributed by atoms with Gasteiger partial charge in [0.2, 0.25) is 5.91 Å². The molecule has 7 nitrogen and oxygen atoms in total. The zero-order valence-corrected chi connectivity index (χ0v) is 18.5. The van der Waals surface area contributed by atoms with E-state index in [4.69, 9.17) is 14.7 Å². The molecule has 0 aromatic heterocycles. The molecule has 0 saturated heterocycles. The lowest BCUT2D eigenvalue weighted by molar-refractivity contribution is -0.137. The lowest BCUT2D eigenvalue weighted by Gasteiger charge is -2.31. The molecule has 31 heavy (non-hydrogen) atoms. The predicted molar refractivity (Wildman–Crippen MR) is 116 cm³/mol. The number of ether oxygens (including phenoxy) is 2. The average molecular weight is 427 g/mol. The third-order valence-corrected chi connectivity index (χ3v) is 5.39. The molecule has 1 heterocycles. The molecule has 2 N–H and O–H groups in total. The van der Waals surface area contributed by atoms with E-state index in [-0.39, 0.29) is 5.91 Å². The SMILES string of the molecule is CC(C)COc1ccc(C(C)(C)C(=O)N2CCOc3cc(C(=O)NO)ccc3C2)cc1. The third-order valence-electron chi connectivity index (χ3n) is 5.39. The number of hydrogen-bond acceptors (Lipinski definition) is 5. The lowest BCUT2D eigenvalue weighted by atomic mass is 9.83.